The third-order valence-electron chi connectivity index (χ3n) is 6.15. The predicted octanol–water partition coefficient (Wildman–Crippen LogP) is 4.63. The molecule has 2 aromatic rings. The van der Waals surface area contributed by atoms with Crippen LogP contribution in [-0.2, 0) is 16.0 Å². The zero-order chi connectivity index (χ0) is 19.1. The maximum Gasteiger partial charge on any atom is 0.230 e. The normalized spacial score (nSPS) is 19.5. The van der Waals surface area contributed by atoms with Crippen molar-refractivity contribution in [2.75, 3.05) is 16.8 Å². The summed E-state index contributed by atoms with van der Waals surface area (Å²) in [5, 5.41) is 5.67. The lowest BCUT2D eigenvalue weighted by Crippen LogP contribution is -2.36. The van der Waals surface area contributed by atoms with Crippen LogP contribution in [-0.4, -0.2) is 23.3 Å². The van der Waals surface area contributed by atoms with Crippen molar-refractivity contribution < 1.29 is 9.59 Å². The van der Waals surface area contributed by atoms with Crippen LogP contribution in [0.5, 0.6) is 0 Å². The Morgan fingerprint density at radius 1 is 1.07 bits per heavy atom. The Morgan fingerprint density at radius 2 is 1.89 bits per heavy atom. The SMILES string of the molecule is O=C(Nc1nc(-c2ccc3c(c2)CCCN3C(=O)C2CC2)cs1)C1CCCC1. The van der Waals surface area contributed by atoms with Gasteiger partial charge in [0.25, 0.3) is 0 Å². The number of hydrogen-bond acceptors (Lipinski definition) is 4. The van der Waals surface area contributed by atoms with Crippen molar-refractivity contribution in [3.63, 3.8) is 0 Å². The lowest BCUT2D eigenvalue weighted by Gasteiger charge is -2.30. The van der Waals surface area contributed by atoms with Crippen LogP contribution in [0.1, 0.15) is 50.5 Å². The molecule has 1 aromatic carbocycles. The van der Waals surface area contributed by atoms with E-state index >= 15 is 0 Å². The van der Waals surface area contributed by atoms with Crippen molar-refractivity contribution in [1.82, 2.24) is 4.98 Å². The van der Waals surface area contributed by atoms with Gasteiger partial charge in [-0.15, -0.1) is 11.3 Å². The summed E-state index contributed by atoms with van der Waals surface area (Å²) in [7, 11) is 0. The first-order valence-electron chi connectivity index (χ1n) is 10.4. The second-order valence-electron chi connectivity index (χ2n) is 8.22. The van der Waals surface area contributed by atoms with E-state index in [4.69, 9.17) is 0 Å². The Labute approximate surface area is 169 Å². The Bertz CT molecular complexity index is 912. The van der Waals surface area contributed by atoms with Crippen molar-refractivity contribution in [2.45, 2.75) is 51.4 Å². The Morgan fingerprint density at radius 3 is 2.68 bits per heavy atom. The molecule has 2 amide bonds. The van der Waals surface area contributed by atoms with Crippen LogP contribution in [0.25, 0.3) is 11.3 Å². The number of benzene rings is 1. The molecule has 2 heterocycles. The predicted molar refractivity (Wildman–Crippen MR) is 112 cm³/mol. The molecule has 2 saturated carbocycles. The first kappa shape index (κ1) is 17.9. The molecule has 1 N–H and O–H groups in total. The lowest BCUT2D eigenvalue weighted by molar-refractivity contribution is -0.120. The van der Waals surface area contributed by atoms with Gasteiger partial charge in [0.05, 0.1) is 5.69 Å². The molecule has 146 valence electrons. The number of amides is 2. The Kier molecular flexibility index (Phi) is 4.67. The highest BCUT2D eigenvalue weighted by atomic mass is 32.1. The Balaban J connectivity index is 1.33. The van der Waals surface area contributed by atoms with Gasteiger partial charge < -0.3 is 10.2 Å². The van der Waals surface area contributed by atoms with Gasteiger partial charge in [-0.05, 0) is 56.2 Å². The van der Waals surface area contributed by atoms with Gasteiger partial charge in [-0.2, -0.15) is 0 Å². The van der Waals surface area contributed by atoms with Crippen molar-refractivity contribution in [2.24, 2.45) is 11.8 Å². The largest absolute Gasteiger partial charge is 0.312 e. The minimum atomic E-state index is 0.109. The molecule has 1 aromatic heterocycles. The molecule has 5 rings (SSSR count). The number of anilines is 2. The number of fused-ring (bicyclic) bond motifs is 1. The second-order valence-corrected chi connectivity index (χ2v) is 9.08. The van der Waals surface area contributed by atoms with Crippen LogP contribution in [0.3, 0.4) is 0 Å². The summed E-state index contributed by atoms with van der Waals surface area (Å²) in [6.45, 7) is 0.829. The molecular weight excluding hydrogens is 370 g/mol. The quantitative estimate of drug-likeness (QED) is 0.821. The summed E-state index contributed by atoms with van der Waals surface area (Å²) in [5.41, 5.74) is 4.23. The van der Waals surface area contributed by atoms with E-state index in [1.807, 2.05) is 10.3 Å². The molecule has 0 unspecified atom stereocenters. The zero-order valence-corrected chi connectivity index (χ0v) is 16.8. The molecule has 2 fully saturated rings. The number of thiazole rings is 1. The van der Waals surface area contributed by atoms with Crippen LogP contribution in [0.4, 0.5) is 10.8 Å². The molecule has 0 spiro atoms. The van der Waals surface area contributed by atoms with Gasteiger partial charge in [-0.25, -0.2) is 4.98 Å². The van der Waals surface area contributed by atoms with E-state index in [9.17, 15) is 9.59 Å². The topological polar surface area (TPSA) is 62.3 Å². The molecule has 5 nitrogen and oxygen atoms in total. The molecular formula is C22H25N3O2S. The summed E-state index contributed by atoms with van der Waals surface area (Å²) in [5.74, 6) is 0.790. The van der Waals surface area contributed by atoms with Gasteiger partial charge in [0.1, 0.15) is 0 Å². The first-order chi connectivity index (χ1) is 13.7. The summed E-state index contributed by atoms with van der Waals surface area (Å²) in [4.78, 5) is 31.5. The summed E-state index contributed by atoms with van der Waals surface area (Å²) >= 11 is 1.48. The van der Waals surface area contributed by atoms with Gasteiger partial charge in [0.15, 0.2) is 5.13 Å². The maximum absolute atomic E-state index is 12.6. The number of aromatic nitrogens is 1. The van der Waals surface area contributed by atoms with Gasteiger partial charge in [-0.1, -0.05) is 18.9 Å². The molecule has 1 aliphatic heterocycles. The third-order valence-corrected chi connectivity index (χ3v) is 6.90. The fourth-order valence-corrected chi connectivity index (χ4v) is 5.12. The van der Waals surface area contributed by atoms with Gasteiger partial charge in [0, 0.05) is 35.0 Å². The van der Waals surface area contributed by atoms with Gasteiger partial charge in [0.2, 0.25) is 11.8 Å². The minimum absolute atomic E-state index is 0.109. The van der Waals surface area contributed by atoms with E-state index in [2.05, 4.69) is 28.5 Å². The van der Waals surface area contributed by atoms with Crippen molar-refractivity contribution in [3.05, 3.63) is 29.1 Å². The van der Waals surface area contributed by atoms with Gasteiger partial charge in [-0.3, -0.25) is 9.59 Å². The van der Waals surface area contributed by atoms with Crippen molar-refractivity contribution in [1.29, 1.82) is 0 Å². The smallest absolute Gasteiger partial charge is 0.230 e. The monoisotopic (exact) mass is 395 g/mol. The molecule has 3 aliphatic rings. The number of nitrogens with zero attached hydrogens (tertiary/aromatic N) is 2. The fraction of sp³-hybridized carbons (Fsp3) is 0.500. The van der Waals surface area contributed by atoms with Crippen LogP contribution >= 0.6 is 11.3 Å². The summed E-state index contributed by atoms with van der Waals surface area (Å²) < 4.78 is 0. The first-order valence-corrected chi connectivity index (χ1v) is 11.3. The second kappa shape index (κ2) is 7.32. The van der Waals surface area contributed by atoms with Gasteiger partial charge >= 0.3 is 0 Å². The molecule has 0 bridgehead atoms. The van der Waals surface area contributed by atoms with Crippen LogP contribution in [0.15, 0.2) is 23.6 Å². The number of aryl methyl sites for hydroxylation is 1. The van der Waals surface area contributed by atoms with E-state index in [1.54, 1.807) is 0 Å². The molecule has 2 aliphatic carbocycles. The average molecular weight is 396 g/mol. The maximum atomic E-state index is 12.6. The molecule has 6 heteroatoms. The zero-order valence-electron chi connectivity index (χ0n) is 15.9. The van der Waals surface area contributed by atoms with E-state index in [0.29, 0.717) is 11.0 Å². The minimum Gasteiger partial charge on any atom is -0.312 e. The highest BCUT2D eigenvalue weighted by Gasteiger charge is 2.35. The molecule has 0 saturated heterocycles. The number of rotatable bonds is 4. The highest BCUT2D eigenvalue weighted by molar-refractivity contribution is 7.14. The van der Waals surface area contributed by atoms with Crippen LogP contribution in [0.2, 0.25) is 0 Å². The van der Waals surface area contributed by atoms with Crippen LogP contribution < -0.4 is 10.2 Å². The number of nitrogens with one attached hydrogen (secondary N) is 1. The number of carbonyl (C=O) groups excluding carboxylic acids is 2. The lowest BCUT2D eigenvalue weighted by atomic mass is 9.98. The summed E-state index contributed by atoms with van der Waals surface area (Å²) in [6, 6.07) is 6.29. The van der Waals surface area contributed by atoms with Crippen LogP contribution in [0, 0.1) is 11.8 Å². The number of carbonyl (C=O) groups is 2. The Hall–Kier alpha value is -2.21. The highest BCUT2D eigenvalue weighted by Crippen LogP contribution is 2.37. The van der Waals surface area contributed by atoms with E-state index in [1.165, 1.54) is 16.9 Å². The van der Waals surface area contributed by atoms with Crippen molar-refractivity contribution in [3.8, 4) is 11.3 Å². The standard InChI is InChI=1S/C22H25N3O2S/c26-20(14-4-1-2-5-14)24-22-23-18(13-28-22)16-9-10-19-17(12-16)6-3-11-25(19)21(27)15-7-8-15/h9-10,12-15H,1-8,11H2,(H,23,24,26). The van der Waals surface area contributed by atoms with E-state index in [-0.39, 0.29) is 17.7 Å². The number of hydrogen-bond donors (Lipinski definition) is 1. The molecule has 0 atom stereocenters. The fourth-order valence-electron chi connectivity index (χ4n) is 4.40. The van der Waals surface area contributed by atoms with Crippen molar-refractivity contribution >= 4 is 34.0 Å². The average Bonchev–Trinajstić information content (AvgIpc) is 3.22. The summed E-state index contributed by atoms with van der Waals surface area (Å²) in [6.07, 6.45) is 8.36. The van der Waals surface area contributed by atoms with E-state index < -0.39 is 0 Å². The van der Waals surface area contributed by atoms with E-state index in [0.717, 1.165) is 74.9 Å². The third kappa shape index (κ3) is 3.46. The molecule has 28 heavy (non-hydrogen) atoms. The molecule has 0 radical (unpaired) electrons.